The monoisotopic (exact) mass is 1240 g/mol. The fourth-order valence-corrected chi connectivity index (χ4v) is 18.9. The van der Waals surface area contributed by atoms with Gasteiger partial charge in [-0.05, 0) is 0 Å². The molecule has 39 heavy (non-hydrogen) atoms. The summed E-state index contributed by atoms with van der Waals surface area (Å²) in [5.74, 6) is 6.05. The van der Waals surface area contributed by atoms with Crippen LogP contribution in [0.5, 0.6) is 0 Å². The molecule has 0 saturated carbocycles. The molecule has 0 aromatic rings. The summed E-state index contributed by atoms with van der Waals surface area (Å²) in [6, 6.07) is 0. The second kappa shape index (κ2) is 24.2. The van der Waals surface area contributed by atoms with Crippen molar-refractivity contribution in [1.29, 1.82) is 0 Å². The van der Waals surface area contributed by atoms with Gasteiger partial charge in [0.2, 0.25) is 0 Å². The Bertz CT molecular complexity index is 507. The molecule has 0 aliphatic heterocycles. The van der Waals surface area contributed by atoms with Crippen LogP contribution in [0.25, 0.3) is 0 Å². The van der Waals surface area contributed by atoms with Crippen LogP contribution in [0, 0.1) is 17.8 Å². The molecule has 0 bridgehead atoms. The number of rotatable bonds is 8. The molecule has 0 aliphatic rings. The van der Waals surface area contributed by atoms with Crippen molar-refractivity contribution in [3.63, 3.8) is 0 Å². The molecule has 234 valence electrons. The van der Waals surface area contributed by atoms with Gasteiger partial charge in [0.1, 0.15) is 0 Å². The molecule has 12 radical (unpaired) electrons. The van der Waals surface area contributed by atoms with Crippen LogP contribution in [-0.2, 0) is 7.53 Å². The van der Waals surface area contributed by atoms with Crippen molar-refractivity contribution >= 4 is 146 Å². The molecule has 0 N–H and O–H groups in total. The van der Waals surface area contributed by atoms with E-state index in [4.69, 9.17) is 7.53 Å². The van der Waals surface area contributed by atoms with Crippen molar-refractivity contribution in [3.8, 4) is 0 Å². The van der Waals surface area contributed by atoms with Gasteiger partial charge >= 0.3 is 268 Å². The summed E-state index contributed by atoms with van der Waals surface area (Å²) >= 11 is -0.506. The van der Waals surface area contributed by atoms with Gasteiger partial charge in [-0.2, -0.15) is 0 Å². The molecule has 0 rings (SSSR count). The molecule has 0 spiro atoms. The third kappa shape index (κ3) is 35.7. The van der Waals surface area contributed by atoms with Crippen LogP contribution in [0.1, 0.15) is 132 Å². The van der Waals surface area contributed by atoms with Gasteiger partial charge in [0.15, 0.2) is 0 Å². The first-order valence-corrected chi connectivity index (χ1v) is 24.7. The SMILES string of the molecule is C[C](C)(C)[Sb][C](C)(C)C.C[C](C)(C)[Sb][C](C)(C)C.[CH3][Ge][O]C(C)(C)C(C)C(C)C(C)C(C)(C)[O][Ge][CH3].[Te].[Te].[Te]. The van der Waals surface area contributed by atoms with E-state index in [1.807, 2.05) is 0 Å². The Morgan fingerprint density at radius 3 is 0.718 bits per heavy atom. The topological polar surface area (TPSA) is 18.5 Å². The molecule has 0 aromatic heterocycles. The van der Waals surface area contributed by atoms with Gasteiger partial charge in [-0.15, -0.1) is 0 Å². The Kier molecular flexibility index (Phi) is 35.0. The summed E-state index contributed by atoms with van der Waals surface area (Å²) in [4.78, 5) is 0. The summed E-state index contributed by atoms with van der Waals surface area (Å²) in [5.41, 5.74) is -0.0258. The van der Waals surface area contributed by atoms with Crippen molar-refractivity contribution in [1.82, 2.24) is 0 Å². The average molecular weight is 1230 g/mol. The van der Waals surface area contributed by atoms with E-state index in [9.17, 15) is 0 Å². The number of hydrogen-bond acceptors (Lipinski definition) is 2. The van der Waals surface area contributed by atoms with E-state index in [0.717, 1.165) is 0 Å². The van der Waals surface area contributed by atoms with Crippen molar-refractivity contribution in [2.75, 3.05) is 0 Å². The Labute approximate surface area is 333 Å². The van der Waals surface area contributed by atoms with E-state index in [-0.39, 0.29) is 157 Å². The van der Waals surface area contributed by atoms with Crippen LogP contribution in [0.3, 0.4) is 0 Å². The first kappa shape index (κ1) is 56.4. The maximum absolute atomic E-state index is 6.03. The smallest absolute Gasteiger partial charge is 0 e. The van der Waals surface area contributed by atoms with Gasteiger partial charge in [0, 0.05) is 71.0 Å². The predicted molar refractivity (Wildman–Crippen MR) is 189 cm³/mol. The zero-order valence-electron chi connectivity index (χ0n) is 29.7. The second-order valence-corrected chi connectivity index (χ2v) is 34.3. The molecule has 0 heterocycles. The fourth-order valence-electron chi connectivity index (χ4n) is 4.42. The van der Waals surface area contributed by atoms with Gasteiger partial charge in [0.25, 0.3) is 0 Å². The minimum Gasteiger partial charge on any atom is 0 e. The van der Waals surface area contributed by atoms with Crippen molar-refractivity contribution in [2.24, 2.45) is 17.8 Å². The average Bonchev–Trinajstić information content (AvgIpc) is 2.54. The molecule has 2 unspecified atom stereocenters. The molecule has 0 fully saturated rings. The normalized spacial score (nSPS) is 15.0. The third-order valence-corrected chi connectivity index (χ3v) is 16.6. The zero-order chi connectivity index (χ0) is 30.0. The van der Waals surface area contributed by atoms with E-state index in [1.165, 1.54) is 0 Å². The Morgan fingerprint density at radius 2 is 0.615 bits per heavy atom. The van der Waals surface area contributed by atoms with E-state index in [2.05, 4.69) is 143 Å². The Morgan fingerprint density at radius 1 is 0.436 bits per heavy atom. The quantitative estimate of drug-likeness (QED) is 0.226. The van der Waals surface area contributed by atoms with Crippen LogP contribution in [0.15, 0.2) is 0 Å². The Hall–Kier alpha value is 5.01. The van der Waals surface area contributed by atoms with Gasteiger partial charge < -0.3 is 0 Å². The van der Waals surface area contributed by atoms with Gasteiger partial charge in [-0.1, -0.05) is 0 Å². The van der Waals surface area contributed by atoms with E-state index < -0.39 is 0 Å². The largest absolute Gasteiger partial charge is 0 e. The first-order chi connectivity index (χ1) is 15.5. The van der Waals surface area contributed by atoms with Gasteiger partial charge in [-0.25, -0.2) is 0 Å². The molecule has 2 atom stereocenters. The molecule has 0 amide bonds. The van der Waals surface area contributed by atoms with E-state index in [0.29, 0.717) is 31.2 Å². The fraction of sp³-hybridized carbons (Fsp3) is 1.00. The second-order valence-electron chi connectivity index (χ2n) is 15.2. The van der Waals surface area contributed by atoms with Crippen LogP contribution in [0.4, 0.5) is 0 Å². The van der Waals surface area contributed by atoms with Crippen molar-refractivity contribution < 1.29 is 7.53 Å². The molecule has 0 aromatic carbocycles. The summed E-state index contributed by atoms with van der Waals surface area (Å²) < 4.78 is 14.6. The maximum Gasteiger partial charge on any atom is 0 e. The van der Waals surface area contributed by atoms with Crippen LogP contribution >= 0.6 is 0 Å². The van der Waals surface area contributed by atoms with E-state index in [1.54, 1.807) is 0 Å². The predicted octanol–water partition coefficient (Wildman–Crippen LogP) is 8.93. The molecule has 9 heteroatoms. The van der Waals surface area contributed by atoms with Crippen LogP contribution < -0.4 is 0 Å². The molecule has 0 aliphatic carbocycles. The summed E-state index contributed by atoms with van der Waals surface area (Å²) in [7, 11) is 0. The van der Waals surface area contributed by atoms with E-state index >= 15 is 0 Å². The van der Waals surface area contributed by atoms with Crippen molar-refractivity contribution in [2.45, 2.75) is 168 Å². The number of hydrogen-bond donors (Lipinski definition) is 0. The maximum atomic E-state index is 6.03. The molecule has 0 saturated heterocycles. The Balaban J connectivity index is -0.000000111. The first-order valence-electron chi connectivity index (χ1n) is 13.7. The summed E-state index contributed by atoms with van der Waals surface area (Å²) in [5, 5.41) is 0. The summed E-state index contributed by atoms with van der Waals surface area (Å²) in [6.07, 6.45) is 0. The standard InChI is InChI=1S/C14H30Ge2O2.4C4H9.2Sb.3Te/c1-10(11(2)13(4,5)17-15-8)12(3)14(6,7)18-16-9;4*1-4(2)3;;;;;/h10-12H,1-9H3;4*1-3H3;;;;;. The minimum absolute atomic E-state index is 0. The zero-order valence-corrected chi connectivity index (χ0v) is 46.0. The van der Waals surface area contributed by atoms with Crippen LogP contribution in [-0.4, -0.2) is 157 Å². The minimum atomic E-state index is -0.245. The molecular formula is C30H66Ge2O2Sb2Te3. The third-order valence-electron chi connectivity index (χ3n) is 5.84. The van der Waals surface area contributed by atoms with Gasteiger partial charge in [0.05, 0.1) is 0 Å². The van der Waals surface area contributed by atoms with Crippen molar-refractivity contribution in [3.05, 3.63) is 0 Å². The van der Waals surface area contributed by atoms with Crippen LogP contribution in [0.2, 0.25) is 25.0 Å². The molecular weight excluding hydrogens is 1160 g/mol. The molecule has 2 nitrogen and oxygen atoms in total. The summed E-state index contributed by atoms with van der Waals surface area (Å²) in [6.45, 7) is 44.2. The van der Waals surface area contributed by atoms with Gasteiger partial charge in [-0.3, -0.25) is 0 Å².